The van der Waals surface area contributed by atoms with E-state index < -0.39 is 0 Å². The Kier molecular flexibility index (Phi) is 6.17. The Hall–Kier alpha value is -0.160. The van der Waals surface area contributed by atoms with Gasteiger partial charge in [0.15, 0.2) is 0 Å². The van der Waals surface area contributed by atoms with Gasteiger partial charge in [-0.3, -0.25) is 0 Å². The van der Waals surface area contributed by atoms with Crippen LogP contribution in [0, 0.1) is 0 Å². The molecule has 0 spiro atoms. The van der Waals surface area contributed by atoms with Gasteiger partial charge in [-0.2, -0.15) is 0 Å². The lowest BCUT2D eigenvalue weighted by Gasteiger charge is -2.26. The molecule has 90 valence electrons. The zero-order valence-electron chi connectivity index (χ0n) is 10.3. The first-order chi connectivity index (χ1) is 7.18. The summed E-state index contributed by atoms with van der Waals surface area (Å²) in [5, 5.41) is 3.48. The van der Waals surface area contributed by atoms with Crippen molar-refractivity contribution in [3.63, 3.8) is 0 Å². The highest BCUT2D eigenvalue weighted by molar-refractivity contribution is 4.71. The van der Waals surface area contributed by atoms with Crippen molar-refractivity contribution in [2.24, 2.45) is 0 Å². The fraction of sp³-hybridized carbons (Fsp3) is 1.00. The molecule has 0 aromatic rings. The van der Waals surface area contributed by atoms with E-state index in [0.717, 1.165) is 39.4 Å². The number of nitrogens with zero attached hydrogens (tertiary/aromatic N) is 2. The first-order valence-electron chi connectivity index (χ1n) is 5.83. The summed E-state index contributed by atoms with van der Waals surface area (Å²) in [5.74, 6) is 0. The topological polar surface area (TPSA) is 27.7 Å². The van der Waals surface area contributed by atoms with Gasteiger partial charge in [0.1, 0.15) is 0 Å². The van der Waals surface area contributed by atoms with Crippen molar-refractivity contribution in [3.05, 3.63) is 0 Å². The normalized spacial score (nSPS) is 22.6. The molecule has 0 radical (unpaired) electrons. The van der Waals surface area contributed by atoms with Crippen molar-refractivity contribution in [1.29, 1.82) is 0 Å². The highest BCUT2D eigenvalue weighted by Gasteiger charge is 2.13. The largest absolute Gasteiger partial charge is 0.379 e. The van der Waals surface area contributed by atoms with Crippen LogP contribution in [0.2, 0.25) is 0 Å². The lowest BCUT2D eigenvalue weighted by Crippen LogP contribution is -2.43. The van der Waals surface area contributed by atoms with Crippen LogP contribution in [0.1, 0.15) is 6.42 Å². The van der Waals surface area contributed by atoms with Crippen molar-refractivity contribution < 1.29 is 4.74 Å². The van der Waals surface area contributed by atoms with Gasteiger partial charge < -0.3 is 19.9 Å². The third-order valence-electron chi connectivity index (χ3n) is 2.79. The van der Waals surface area contributed by atoms with Crippen LogP contribution in [-0.2, 0) is 4.74 Å². The minimum Gasteiger partial charge on any atom is -0.379 e. The SMILES string of the molecule is CN(C)CCN(C)CCC1COCCN1. The Balaban J connectivity index is 2.02. The lowest BCUT2D eigenvalue weighted by molar-refractivity contribution is 0.0708. The zero-order valence-corrected chi connectivity index (χ0v) is 10.3. The Bertz CT molecular complexity index is 158. The van der Waals surface area contributed by atoms with Crippen molar-refractivity contribution in [2.45, 2.75) is 12.5 Å². The number of ether oxygens (including phenoxy) is 1. The van der Waals surface area contributed by atoms with E-state index in [4.69, 9.17) is 4.74 Å². The minimum absolute atomic E-state index is 0.556. The Morgan fingerprint density at radius 2 is 2.00 bits per heavy atom. The molecule has 1 aliphatic rings. The molecular formula is C11H25N3O. The molecule has 4 heteroatoms. The van der Waals surface area contributed by atoms with Gasteiger partial charge in [0.25, 0.3) is 0 Å². The van der Waals surface area contributed by atoms with Crippen molar-refractivity contribution in [3.8, 4) is 0 Å². The molecule has 1 heterocycles. The molecule has 1 unspecified atom stereocenters. The molecule has 1 aliphatic heterocycles. The van der Waals surface area contributed by atoms with E-state index in [0.29, 0.717) is 6.04 Å². The Morgan fingerprint density at radius 1 is 1.20 bits per heavy atom. The summed E-state index contributed by atoms with van der Waals surface area (Å²) in [6.45, 7) is 6.17. The standard InChI is InChI=1S/C11H25N3O/c1-13(2)7-8-14(3)6-4-11-10-15-9-5-12-11/h11-12H,4-10H2,1-3H3. The second-order valence-electron chi connectivity index (χ2n) is 4.62. The van der Waals surface area contributed by atoms with Crippen LogP contribution < -0.4 is 5.32 Å². The molecule has 0 bridgehead atoms. The van der Waals surface area contributed by atoms with Gasteiger partial charge in [-0.1, -0.05) is 0 Å². The van der Waals surface area contributed by atoms with E-state index in [9.17, 15) is 0 Å². The van der Waals surface area contributed by atoms with Gasteiger partial charge in [-0.25, -0.2) is 0 Å². The van der Waals surface area contributed by atoms with Gasteiger partial charge in [-0.15, -0.1) is 0 Å². The molecule has 0 saturated carbocycles. The zero-order chi connectivity index (χ0) is 11.1. The monoisotopic (exact) mass is 215 g/mol. The van der Waals surface area contributed by atoms with Crippen LogP contribution in [0.15, 0.2) is 0 Å². The third-order valence-corrected chi connectivity index (χ3v) is 2.79. The van der Waals surface area contributed by atoms with E-state index in [1.807, 2.05) is 0 Å². The summed E-state index contributed by atoms with van der Waals surface area (Å²) >= 11 is 0. The summed E-state index contributed by atoms with van der Waals surface area (Å²) in [6.07, 6.45) is 1.18. The quantitative estimate of drug-likeness (QED) is 0.667. The van der Waals surface area contributed by atoms with Crippen molar-refractivity contribution in [1.82, 2.24) is 15.1 Å². The van der Waals surface area contributed by atoms with Crippen LogP contribution in [0.4, 0.5) is 0 Å². The average molecular weight is 215 g/mol. The van der Waals surface area contributed by atoms with Crippen LogP contribution in [-0.4, -0.2) is 76.4 Å². The number of morpholine rings is 1. The van der Waals surface area contributed by atoms with E-state index >= 15 is 0 Å². The van der Waals surface area contributed by atoms with E-state index in [1.165, 1.54) is 6.42 Å². The maximum absolute atomic E-state index is 5.42. The molecule has 15 heavy (non-hydrogen) atoms. The molecule has 0 aliphatic carbocycles. The molecule has 1 N–H and O–H groups in total. The summed E-state index contributed by atoms with van der Waals surface area (Å²) in [4.78, 5) is 4.61. The smallest absolute Gasteiger partial charge is 0.0620 e. The number of nitrogens with one attached hydrogen (secondary N) is 1. The molecule has 1 atom stereocenters. The highest BCUT2D eigenvalue weighted by Crippen LogP contribution is 1.99. The van der Waals surface area contributed by atoms with Crippen LogP contribution in [0.3, 0.4) is 0 Å². The second-order valence-corrected chi connectivity index (χ2v) is 4.62. The maximum atomic E-state index is 5.42. The molecule has 4 nitrogen and oxygen atoms in total. The average Bonchev–Trinajstić information content (AvgIpc) is 2.25. The fourth-order valence-corrected chi connectivity index (χ4v) is 1.66. The first kappa shape index (κ1) is 12.9. The van der Waals surface area contributed by atoms with Gasteiger partial charge in [-0.05, 0) is 34.1 Å². The van der Waals surface area contributed by atoms with E-state index in [1.54, 1.807) is 0 Å². The number of hydrogen-bond acceptors (Lipinski definition) is 4. The summed E-state index contributed by atoms with van der Waals surface area (Å²) < 4.78 is 5.42. The van der Waals surface area contributed by atoms with Crippen LogP contribution in [0.5, 0.6) is 0 Å². The van der Waals surface area contributed by atoms with E-state index in [2.05, 4.69) is 36.3 Å². The molecule has 1 fully saturated rings. The fourth-order valence-electron chi connectivity index (χ4n) is 1.66. The first-order valence-corrected chi connectivity index (χ1v) is 5.83. The predicted octanol–water partition coefficient (Wildman–Crippen LogP) is -0.142. The van der Waals surface area contributed by atoms with Gasteiger partial charge in [0, 0.05) is 25.7 Å². The van der Waals surface area contributed by atoms with Crippen LogP contribution >= 0.6 is 0 Å². The molecule has 0 amide bonds. The Labute approximate surface area is 93.6 Å². The molecule has 1 saturated heterocycles. The molecule has 0 aromatic carbocycles. The Morgan fingerprint density at radius 3 is 2.60 bits per heavy atom. The summed E-state index contributed by atoms with van der Waals surface area (Å²) in [7, 11) is 6.42. The van der Waals surface area contributed by atoms with Crippen molar-refractivity contribution in [2.75, 3.05) is 60.5 Å². The van der Waals surface area contributed by atoms with Crippen LogP contribution in [0.25, 0.3) is 0 Å². The third kappa shape index (κ3) is 6.10. The highest BCUT2D eigenvalue weighted by atomic mass is 16.5. The van der Waals surface area contributed by atoms with Gasteiger partial charge >= 0.3 is 0 Å². The van der Waals surface area contributed by atoms with Crippen molar-refractivity contribution >= 4 is 0 Å². The van der Waals surface area contributed by atoms with Gasteiger partial charge in [0.05, 0.1) is 13.2 Å². The minimum atomic E-state index is 0.556. The maximum Gasteiger partial charge on any atom is 0.0620 e. The number of likely N-dealkylation sites (N-methyl/N-ethyl adjacent to an activating group) is 2. The van der Waals surface area contributed by atoms with Gasteiger partial charge in [0.2, 0.25) is 0 Å². The molecule has 0 aromatic heterocycles. The number of rotatable bonds is 6. The molecular weight excluding hydrogens is 190 g/mol. The second kappa shape index (κ2) is 7.17. The summed E-state index contributed by atoms with van der Waals surface area (Å²) in [6, 6.07) is 0.556. The van der Waals surface area contributed by atoms with E-state index in [-0.39, 0.29) is 0 Å². The summed E-state index contributed by atoms with van der Waals surface area (Å²) in [5.41, 5.74) is 0. The molecule has 1 rings (SSSR count). The lowest BCUT2D eigenvalue weighted by atomic mass is 10.2. The number of hydrogen-bond donors (Lipinski definition) is 1. The predicted molar refractivity (Wildman–Crippen MR) is 63.3 cm³/mol.